The second-order valence-electron chi connectivity index (χ2n) is 8.63. The number of carbonyl (C=O) groups is 2. The number of rotatable bonds is 8. The number of benzene rings is 1. The van der Waals surface area contributed by atoms with Crippen LogP contribution in [0.3, 0.4) is 0 Å². The monoisotopic (exact) mass is 453 g/mol. The quantitative estimate of drug-likeness (QED) is 0.548. The predicted molar refractivity (Wildman–Crippen MR) is 128 cm³/mol. The standard InChI is InChI=1S/C24H31N5O2S/c1-4-28-13-7-8-18(28)15-25-23(31)21(16(2)3)27-22(30)17-9-10-19-20(14-17)32-24(26-19)29-11-5-6-12-29/h5-6,9-12,14,16,18,21H,4,7-8,13,15H2,1-3H3,(H,25,31)(H,27,30)/t18-,21+/m0/s1. The fourth-order valence-corrected chi connectivity index (χ4v) is 5.23. The van der Waals surface area contributed by atoms with Crippen molar-refractivity contribution in [1.82, 2.24) is 25.1 Å². The number of likely N-dealkylation sites (N-methyl/N-ethyl adjacent to an activating group) is 1. The highest BCUT2D eigenvalue weighted by molar-refractivity contribution is 7.20. The Morgan fingerprint density at radius 2 is 2.03 bits per heavy atom. The summed E-state index contributed by atoms with van der Waals surface area (Å²) in [5, 5.41) is 6.87. The first-order valence-electron chi connectivity index (χ1n) is 11.3. The van der Waals surface area contributed by atoms with Gasteiger partial charge in [-0.25, -0.2) is 4.98 Å². The van der Waals surface area contributed by atoms with E-state index in [2.05, 4.69) is 27.4 Å². The molecule has 1 aromatic carbocycles. The van der Waals surface area contributed by atoms with Crippen LogP contribution in [0.2, 0.25) is 0 Å². The third kappa shape index (κ3) is 4.86. The van der Waals surface area contributed by atoms with Crippen LogP contribution < -0.4 is 10.6 Å². The number of likely N-dealkylation sites (tertiary alicyclic amines) is 1. The van der Waals surface area contributed by atoms with Crippen LogP contribution in [-0.4, -0.2) is 58.0 Å². The maximum Gasteiger partial charge on any atom is 0.251 e. The van der Waals surface area contributed by atoms with Crippen molar-refractivity contribution in [2.24, 2.45) is 5.92 Å². The number of nitrogens with zero attached hydrogens (tertiary/aromatic N) is 3. The van der Waals surface area contributed by atoms with E-state index in [-0.39, 0.29) is 17.7 Å². The summed E-state index contributed by atoms with van der Waals surface area (Å²) in [5.41, 5.74) is 1.39. The normalized spacial score (nSPS) is 17.7. The molecule has 0 aliphatic carbocycles. The van der Waals surface area contributed by atoms with Crippen molar-refractivity contribution in [2.45, 2.75) is 45.7 Å². The number of hydrogen-bond donors (Lipinski definition) is 2. The molecule has 0 bridgehead atoms. The van der Waals surface area contributed by atoms with E-state index in [0.717, 1.165) is 34.9 Å². The van der Waals surface area contributed by atoms with Gasteiger partial charge in [0.05, 0.1) is 10.2 Å². The maximum absolute atomic E-state index is 13.0. The van der Waals surface area contributed by atoms with Gasteiger partial charge in [0.2, 0.25) is 5.91 Å². The number of nitrogens with one attached hydrogen (secondary N) is 2. The lowest BCUT2D eigenvalue weighted by atomic mass is 10.0. The summed E-state index contributed by atoms with van der Waals surface area (Å²) in [6.07, 6.45) is 6.17. The van der Waals surface area contributed by atoms with Gasteiger partial charge >= 0.3 is 0 Å². The van der Waals surface area contributed by atoms with E-state index < -0.39 is 6.04 Å². The van der Waals surface area contributed by atoms with Gasteiger partial charge in [0.25, 0.3) is 5.91 Å². The van der Waals surface area contributed by atoms with Crippen molar-refractivity contribution in [2.75, 3.05) is 19.6 Å². The van der Waals surface area contributed by atoms with E-state index in [4.69, 9.17) is 0 Å². The zero-order valence-corrected chi connectivity index (χ0v) is 19.7. The van der Waals surface area contributed by atoms with Gasteiger partial charge in [-0.1, -0.05) is 32.1 Å². The lowest BCUT2D eigenvalue weighted by Gasteiger charge is -2.26. The molecule has 1 aliphatic rings. The van der Waals surface area contributed by atoms with E-state index in [1.807, 2.05) is 55.1 Å². The Kier molecular flexibility index (Phi) is 6.91. The van der Waals surface area contributed by atoms with Gasteiger partial charge in [-0.2, -0.15) is 0 Å². The average molecular weight is 454 g/mol. The minimum absolute atomic E-state index is 0.0164. The van der Waals surface area contributed by atoms with Crippen LogP contribution in [0, 0.1) is 5.92 Å². The summed E-state index contributed by atoms with van der Waals surface area (Å²) in [4.78, 5) is 32.9. The van der Waals surface area contributed by atoms with Crippen molar-refractivity contribution in [3.8, 4) is 5.13 Å². The summed E-state index contributed by atoms with van der Waals surface area (Å²) in [5.74, 6) is -0.380. The highest BCUT2D eigenvalue weighted by atomic mass is 32.1. The second kappa shape index (κ2) is 9.83. The first-order chi connectivity index (χ1) is 15.5. The Bertz CT molecular complexity index is 1080. The topological polar surface area (TPSA) is 79.3 Å². The lowest BCUT2D eigenvalue weighted by molar-refractivity contribution is -0.124. The van der Waals surface area contributed by atoms with Gasteiger partial charge in [-0.15, -0.1) is 0 Å². The van der Waals surface area contributed by atoms with Gasteiger partial charge < -0.3 is 15.2 Å². The van der Waals surface area contributed by atoms with Crippen LogP contribution in [0.15, 0.2) is 42.7 Å². The zero-order chi connectivity index (χ0) is 22.7. The Hall–Kier alpha value is -2.71. The molecule has 0 unspecified atom stereocenters. The zero-order valence-electron chi connectivity index (χ0n) is 18.9. The number of fused-ring (bicyclic) bond motifs is 1. The Balaban J connectivity index is 1.43. The first kappa shape index (κ1) is 22.5. The lowest BCUT2D eigenvalue weighted by Crippen LogP contribution is -2.52. The molecule has 32 heavy (non-hydrogen) atoms. The molecule has 3 heterocycles. The third-order valence-electron chi connectivity index (χ3n) is 6.12. The van der Waals surface area contributed by atoms with Gasteiger partial charge in [0.1, 0.15) is 6.04 Å². The summed E-state index contributed by atoms with van der Waals surface area (Å²) in [7, 11) is 0. The summed E-state index contributed by atoms with van der Waals surface area (Å²) in [6.45, 7) is 8.77. The molecule has 170 valence electrons. The number of thiazole rings is 1. The minimum atomic E-state index is -0.577. The van der Waals surface area contributed by atoms with E-state index in [1.54, 1.807) is 6.07 Å². The molecule has 8 heteroatoms. The van der Waals surface area contributed by atoms with E-state index in [0.29, 0.717) is 18.2 Å². The number of hydrogen-bond acceptors (Lipinski definition) is 5. The molecule has 1 aliphatic heterocycles. The third-order valence-corrected chi connectivity index (χ3v) is 7.15. The Morgan fingerprint density at radius 1 is 1.25 bits per heavy atom. The molecular formula is C24H31N5O2S. The molecule has 0 spiro atoms. The van der Waals surface area contributed by atoms with E-state index in [9.17, 15) is 9.59 Å². The fraction of sp³-hybridized carbons (Fsp3) is 0.458. The van der Waals surface area contributed by atoms with Crippen LogP contribution in [0.25, 0.3) is 15.3 Å². The summed E-state index contributed by atoms with van der Waals surface area (Å²) < 4.78 is 2.89. The van der Waals surface area contributed by atoms with Gasteiger partial charge in [-0.3, -0.25) is 14.5 Å². The molecule has 1 saturated heterocycles. The molecule has 2 amide bonds. The van der Waals surface area contributed by atoms with E-state index in [1.165, 1.54) is 17.8 Å². The summed E-state index contributed by atoms with van der Waals surface area (Å²) in [6, 6.07) is 9.19. The molecule has 3 aromatic rings. The Labute approximate surface area is 192 Å². The number of aromatic nitrogens is 2. The first-order valence-corrected chi connectivity index (χ1v) is 12.1. The predicted octanol–water partition coefficient (Wildman–Crippen LogP) is 3.44. The second-order valence-corrected chi connectivity index (χ2v) is 9.64. The van der Waals surface area contributed by atoms with Crippen molar-refractivity contribution < 1.29 is 9.59 Å². The van der Waals surface area contributed by atoms with Crippen LogP contribution in [0.1, 0.15) is 44.0 Å². The van der Waals surface area contributed by atoms with Gasteiger partial charge in [-0.05, 0) is 62.2 Å². The van der Waals surface area contributed by atoms with Crippen molar-refractivity contribution in [3.05, 3.63) is 48.3 Å². The Morgan fingerprint density at radius 3 is 2.75 bits per heavy atom. The highest BCUT2D eigenvalue weighted by Gasteiger charge is 2.28. The molecule has 2 atom stereocenters. The molecule has 4 rings (SSSR count). The SMILES string of the molecule is CCN1CCC[C@H]1CNC(=O)[C@H](NC(=O)c1ccc2nc(-n3cccc3)sc2c1)C(C)C. The van der Waals surface area contributed by atoms with Gasteiger partial charge in [0, 0.05) is 30.5 Å². The minimum Gasteiger partial charge on any atom is -0.353 e. The van der Waals surface area contributed by atoms with Crippen LogP contribution >= 0.6 is 11.3 Å². The average Bonchev–Trinajstić information content (AvgIpc) is 3.54. The molecule has 1 fully saturated rings. The molecule has 0 saturated carbocycles. The molecule has 7 nitrogen and oxygen atoms in total. The van der Waals surface area contributed by atoms with Crippen LogP contribution in [0.5, 0.6) is 0 Å². The fourth-order valence-electron chi connectivity index (χ4n) is 4.26. The molecule has 2 aromatic heterocycles. The van der Waals surface area contributed by atoms with Crippen LogP contribution in [0.4, 0.5) is 0 Å². The van der Waals surface area contributed by atoms with Crippen LogP contribution in [-0.2, 0) is 4.79 Å². The van der Waals surface area contributed by atoms with Crippen molar-refractivity contribution >= 4 is 33.4 Å². The molecule has 0 radical (unpaired) electrons. The largest absolute Gasteiger partial charge is 0.353 e. The molecular weight excluding hydrogens is 422 g/mol. The van der Waals surface area contributed by atoms with Gasteiger partial charge in [0.15, 0.2) is 5.13 Å². The smallest absolute Gasteiger partial charge is 0.251 e. The summed E-state index contributed by atoms with van der Waals surface area (Å²) >= 11 is 1.53. The van der Waals surface area contributed by atoms with Crippen molar-refractivity contribution in [3.63, 3.8) is 0 Å². The number of amides is 2. The molecule has 2 N–H and O–H groups in total. The number of carbonyl (C=O) groups excluding carboxylic acids is 2. The van der Waals surface area contributed by atoms with E-state index >= 15 is 0 Å². The van der Waals surface area contributed by atoms with Crippen molar-refractivity contribution in [1.29, 1.82) is 0 Å². The maximum atomic E-state index is 13.0. The highest BCUT2D eigenvalue weighted by Crippen LogP contribution is 2.26.